The molecule has 1 heterocycles. The number of rotatable bonds is 1. The molecule has 1 aliphatic heterocycles. The molecular weight excluding hydrogens is 212 g/mol. The molecule has 1 fully saturated rings. The maximum absolute atomic E-state index is 10.0. The van der Waals surface area contributed by atoms with Gasteiger partial charge in [-0.2, -0.15) is 0 Å². The molecular formula is C15H18O2. The van der Waals surface area contributed by atoms with Gasteiger partial charge in [-0.3, -0.25) is 0 Å². The van der Waals surface area contributed by atoms with Crippen LogP contribution in [0.4, 0.5) is 0 Å². The van der Waals surface area contributed by atoms with E-state index in [4.69, 9.17) is 4.74 Å². The van der Waals surface area contributed by atoms with Gasteiger partial charge in [0.15, 0.2) is 0 Å². The van der Waals surface area contributed by atoms with Crippen LogP contribution < -0.4 is 0 Å². The highest BCUT2D eigenvalue weighted by Crippen LogP contribution is 2.28. The summed E-state index contributed by atoms with van der Waals surface area (Å²) in [7, 11) is 0. The maximum Gasteiger partial charge on any atom is 0.145 e. The van der Waals surface area contributed by atoms with Gasteiger partial charge in [-0.05, 0) is 18.6 Å². The van der Waals surface area contributed by atoms with Crippen molar-refractivity contribution in [1.29, 1.82) is 0 Å². The molecule has 1 aromatic rings. The summed E-state index contributed by atoms with van der Waals surface area (Å²) in [6.07, 6.45) is 0.216. The summed E-state index contributed by atoms with van der Waals surface area (Å²) < 4.78 is 5.73. The van der Waals surface area contributed by atoms with E-state index >= 15 is 0 Å². The Morgan fingerprint density at radius 3 is 2.59 bits per heavy atom. The van der Waals surface area contributed by atoms with Crippen molar-refractivity contribution < 1.29 is 9.84 Å². The molecule has 1 saturated heterocycles. The molecule has 90 valence electrons. The topological polar surface area (TPSA) is 29.5 Å². The molecule has 0 aliphatic carbocycles. The Kier molecular flexibility index (Phi) is 3.83. The van der Waals surface area contributed by atoms with Crippen LogP contribution in [0.1, 0.15) is 25.8 Å². The lowest BCUT2D eigenvalue weighted by atomic mass is 9.97. The van der Waals surface area contributed by atoms with Gasteiger partial charge < -0.3 is 9.84 Å². The summed E-state index contributed by atoms with van der Waals surface area (Å²) >= 11 is 0. The molecule has 1 N–H and O–H groups in total. The minimum absolute atomic E-state index is 0.125. The molecule has 2 nitrogen and oxygen atoms in total. The first-order valence-corrected chi connectivity index (χ1v) is 6.12. The van der Waals surface area contributed by atoms with Gasteiger partial charge in [0, 0.05) is 11.5 Å². The normalized spacial score (nSPS) is 31.9. The van der Waals surface area contributed by atoms with Crippen LogP contribution >= 0.6 is 0 Å². The van der Waals surface area contributed by atoms with Crippen molar-refractivity contribution in [2.75, 3.05) is 0 Å². The predicted octanol–water partition coefficient (Wildman–Crippen LogP) is 2.21. The van der Waals surface area contributed by atoms with Crippen molar-refractivity contribution in [3.8, 4) is 11.8 Å². The van der Waals surface area contributed by atoms with Crippen molar-refractivity contribution in [1.82, 2.24) is 0 Å². The Morgan fingerprint density at radius 1 is 1.29 bits per heavy atom. The summed E-state index contributed by atoms with van der Waals surface area (Å²) in [4.78, 5) is 0. The molecule has 17 heavy (non-hydrogen) atoms. The SMILES string of the molecule is CC[C@H]1O[C@@H](C#Cc2ccccc2)[C@H](O)[C@@H]1C. The lowest BCUT2D eigenvalue weighted by Gasteiger charge is -2.11. The molecule has 1 aromatic carbocycles. The Labute approximate surface area is 103 Å². The molecule has 0 saturated carbocycles. The highest BCUT2D eigenvalue weighted by molar-refractivity contribution is 5.35. The van der Waals surface area contributed by atoms with Gasteiger partial charge in [0.1, 0.15) is 6.10 Å². The standard InChI is InChI=1S/C15H18O2/c1-3-13-11(2)15(16)14(17-13)10-9-12-7-5-4-6-8-12/h4-8,11,13-16H,3H2,1-2H3/t11-,13-,14+,15-/m1/s1. The minimum atomic E-state index is -0.476. The number of benzene rings is 1. The molecule has 0 radical (unpaired) electrons. The highest BCUT2D eigenvalue weighted by atomic mass is 16.5. The van der Waals surface area contributed by atoms with Crippen molar-refractivity contribution in [3.05, 3.63) is 35.9 Å². The summed E-state index contributed by atoms with van der Waals surface area (Å²) in [5, 5.41) is 10.0. The van der Waals surface area contributed by atoms with E-state index in [1.54, 1.807) is 0 Å². The van der Waals surface area contributed by atoms with Crippen LogP contribution in [-0.2, 0) is 4.74 Å². The van der Waals surface area contributed by atoms with Crippen molar-refractivity contribution >= 4 is 0 Å². The third-order valence-corrected chi connectivity index (χ3v) is 3.29. The van der Waals surface area contributed by atoms with Crippen LogP contribution in [0, 0.1) is 17.8 Å². The molecule has 4 atom stereocenters. The van der Waals surface area contributed by atoms with Crippen LogP contribution in [0.25, 0.3) is 0 Å². The van der Waals surface area contributed by atoms with E-state index in [0.717, 1.165) is 12.0 Å². The molecule has 0 amide bonds. The first-order chi connectivity index (χ1) is 8.22. The lowest BCUT2D eigenvalue weighted by Crippen LogP contribution is -2.24. The van der Waals surface area contributed by atoms with Crippen molar-refractivity contribution in [3.63, 3.8) is 0 Å². The molecule has 1 aliphatic rings. The van der Waals surface area contributed by atoms with Gasteiger partial charge >= 0.3 is 0 Å². The molecule has 0 unspecified atom stereocenters. The van der Waals surface area contributed by atoms with Crippen molar-refractivity contribution in [2.24, 2.45) is 5.92 Å². The Balaban J connectivity index is 2.08. The van der Waals surface area contributed by atoms with Gasteiger partial charge in [-0.1, -0.05) is 43.9 Å². The largest absolute Gasteiger partial charge is 0.389 e. The van der Waals surface area contributed by atoms with E-state index < -0.39 is 6.10 Å². The van der Waals surface area contributed by atoms with E-state index in [0.29, 0.717) is 0 Å². The van der Waals surface area contributed by atoms with E-state index in [1.165, 1.54) is 0 Å². The smallest absolute Gasteiger partial charge is 0.145 e. The van der Waals surface area contributed by atoms with Crippen molar-refractivity contribution in [2.45, 2.75) is 38.6 Å². The maximum atomic E-state index is 10.0. The van der Waals surface area contributed by atoms with E-state index in [2.05, 4.69) is 18.8 Å². The molecule has 2 rings (SSSR count). The summed E-state index contributed by atoms with van der Waals surface area (Å²) in [6.45, 7) is 4.09. The summed E-state index contributed by atoms with van der Waals surface area (Å²) in [6, 6.07) is 9.77. The Morgan fingerprint density at radius 2 is 2.00 bits per heavy atom. The number of ether oxygens (including phenoxy) is 1. The van der Waals surface area contributed by atoms with Crippen LogP contribution in [0.2, 0.25) is 0 Å². The lowest BCUT2D eigenvalue weighted by molar-refractivity contribution is 0.0438. The molecule has 0 bridgehead atoms. The van der Waals surface area contributed by atoms with Crippen LogP contribution in [0.15, 0.2) is 30.3 Å². The monoisotopic (exact) mass is 230 g/mol. The first kappa shape index (κ1) is 12.2. The zero-order chi connectivity index (χ0) is 12.3. The molecule has 0 aromatic heterocycles. The van der Waals surface area contributed by atoms with Gasteiger partial charge in [0.05, 0.1) is 12.2 Å². The number of aliphatic hydroxyl groups is 1. The average molecular weight is 230 g/mol. The van der Waals surface area contributed by atoms with E-state index in [9.17, 15) is 5.11 Å². The van der Waals surface area contributed by atoms with Crippen LogP contribution in [0.5, 0.6) is 0 Å². The number of aliphatic hydroxyl groups excluding tert-OH is 1. The van der Waals surface area contributed by atoms with Gasteiger partial charge in [0.2, 0.25) is 0 Å². The minimum Gasteiger partial charge on any atom is -0.389 e. The van der Waals surface area contributed by atoms with Gasteiger partial charge in [-0.25, -0.2) is 0 Å². The second kappa shape index (κ2) is 5.35. The van der Waals surface area contributed by atoms with Crippen LogP contribution in [-0.4, -0.2) is 23.4 Å². The average Bonchev–Trinajstić information content (AvgIpc) is 2.65. The highest BCUT2D eigenvalue weighted by Gasteiger charge is 2.38. The zero-order valence-corrected chi connectivity index (χ0v) is 10.3. The fraction of sp³-hybridized carbons (Fsp3) is 0.467. The summed E-state index contributed by atoms with van der Waals surface area (Å²) in [5.74, 6) is 6.23. The zero-order valence-electron chi connectivity index (χ0n) is 10.3. The van der Waals surface area contributed by atoms with E-state index in [-0.39, 0.29) is 18.1 Å². The summed E-state index contributed by atoms with van der Waals surface area (Å²) in [5.41, 5.74) is 0.955. The fourth-order valence-corrected chi connectivity index (χ4v) is 2.15. The van der Waals surface area contributed by atoms with Gasteiger partial charge in [0.25, 0.3) is 0 Å². The molecule has 2 heteroatoms. The fourth-order valence-electron chi connectivity index (χ4n) is 2.15. The van der Waals surface area contributed by atoms with Crippen LogP contribution in [0.3, 0.4) is 0 Å². The Bertz CT molecular complexity index is 416. The quantitative estimate of drug-likeness (QED) is 0.750. The van der Waals surface area contributed by atoms with E-state index in [1.807, 2.05) is 37.3 Å². The first-order valence-electron chi connectivity index (χ1n) is 6.12. The second-order valence-electron chi connectivity index (χ2n) is 4.49. The van der Waals surface area contributed by atoms with Gasteiger partial charge in [-0.15, -0.1) is 0 Å². The Hall–Kier alpha value is -1.30. The molecule has 0 spiro atoms. The number of hydrogen-bond acceptors (Lipinski definition) is 2. The third kappa shape index (κ3) is 2.69. The number of hydrogen-bond donors (Lipinski definition) is 1. The second-order valence-corrected chi connectivity index (χ2v) is 4.49. The third-order valence-electron chi connectivity index (χ3n) is 3.29. The predicted molar refractivity (Wildman–Crippen MR) is 67.4 cm³/mol.